The minimum atomic E-state index is -4.07. The third-order valence-corrected chi connectivity index (χ3v) is 1.88. The Labute approximate surface area is 57.6 Å². The second kappa shape index (κ2) is 3.54. The van der Waals surface area contributed by atoms with E-state index in [-0.39, 0.29) is 5.88 Å². The van der Waals surface area contributed by atoms with E-state index in [2.05, 4.69) is 0 Å². The Balaban J connectivity index is 3.60. The number of hydrogen-bond donors (Lipinski definition) is 3. The maximum Gasteiger partial charge on any atom is 0.328 e. The summed E-state index contributed by atoms with van der Waals surface area (Å²) in [7, 11) is -4.07. The Bertz CT molecular complexity index is 121. The van der Waals surface area contributed by atoms with Gasteiger partial charge in [-0.1, -0.05) is 0 Å². The molecule has 0 radical (unpaired) electrons. The summed E-state index contributed by atoms with van der Waals surface area (Å²) in [6, 6.07) is 0. The molecule has 6 heteroatoms. The van der Waals surface area contributed by atoms with Crippen LogP contribution in [0.4, 0.5) is 0 Å². The molecule has 0 aliphatic rings. The Morgan fingerprint density at radius 1 is 1.56 bits per heavy atom. The molecule has 0 heterocycles. The summed E-state index contributed by atoms with van der Waals surface area (Å²) in [5.74, 6) is -0.148. The van der Waals surface area contributed by atoms with Crippen LogP contribution in [0.25, 0.3) is 0 Å². The van der Waals surface area contributed by atoms with Gasteiger partial charge in [0.2, 0.25) is 0 Å². The Morgan fingerprint density at radius 3 is 2.11 bits per heavy atom. The van der Waals surface area contributed by atoms with Gasteiger partial charge in [-0.2, -0.15) is 0 Å². The van der Waals surface area contributed by atoms with Crippen molar-refractivity contribution in [1.82, 2.24) is 0 Å². The second-order valence-corrected chi connectivity index (χ2v) is 3.66. The van der Waals surface area contributed by atoms with Crippen molar-refractivity contribution in [3.05, 3.63) is 0 Å². The van der Waals surface area contributed by atoms with E-state index < -0.39 is 19.9 Å². The van der Waals surface area contributed by atoms with Crippen LogP contribution >= 0.6 is 19.2 Å². The first-order valence-corrected chi connectivity index (χ1v) is 4.57. The molecule has 1 unspecified atom stereocenters. The van der Waals surface area contributed by atoms with Crippen molar-refractivity contribution in [2.24, 2.45) is 0 Å². The van der Waals surface area contributed by atoms with Crippen molar-refractivity contribution in [3.8, 4) is 0 Å². The average Bonchev–Trinajstić information content (AvgIpc) is 1.62. The van der Waals surface area contributed by atoms with Gasteiger partial charge >= 0.3 is 7.60 Å². The molecule has 0 aliphatic heterocycles. The zero-order valence-electron chi connectivity index (χ0n) is 4.57. The lowest BCUT2D eigenvalue weighted by Gasteiger charge is -2.06. The highest BCUT2D eigenvalue weighted by atomic mass is 35.5. The molecule has 0 bridgehead atoms. The molecule has 1 atom stereocenters. The smallest absolute Gasteiger partial charge is 0.328 e. The zero-order chi connectivity index (χ0) is 7.49. The quantitative estimate of drug-likeness (QED) is 0.408. The van der Waals surface area contributed by atoms with Gasteiger partial charge in [0, 0.05) is 5.88 Å². The maximum atomic E-state index is 10.1. The summed E-state index contributed by atoms with van der Waals surface area (Å²) in [4.78, 5) is 16.4. The molecule has 0 spiro atoms. The first kappa shape index (κ1) is 9.40. The van der Waals surface area contributed by atoms with E-state index >= 15 is 0 Å². The lowest BCUT2D eigenvalue weighted by molar-refractivity contribution is 0.211. The van der Waals surface area contributed by atoms with Crippen molar-refractivity contribution >= 4 is 19.2 Å². The van der Waals surface area contributed by atoms with E-state index in [1.807, 2.05) is 0 Å². The van der Waals surface area contributed by atoms with Gasteiger partial charge in [-0.3, -0.25) is 4.57 Å². The van der Waals surface area contributed by atoms with E-state index in [4.69, 9.17) is 26.5 Å². The largest absolute Gasteiger partial charge is 0.391 e. The molecule has 0 amide bonds. The van der Waals surface area contributed by atoms with Gasteiger partial charge in [-0.15, -0.1) is 11.6 Å². The summed E-state index contributed by atoms with van der Waals surface area (Å²) in [5, 5.41) is 8.57. The molecule has 9 heavy (non-hydrogen) atoms. The standard InChI is InChI=1S/C3H8ClO4P/c4-1-3(5)2-9(6,7)8/h3,5H,1-2H2,(H2,6,7,8). The van der Waals surface area contributed by atoms with Crippen molar-refractivity contribution in [3.63, 3.8) is 0 Å². The molecule has 0 fully saturated rings. The molecule has 3 N–H and O–H groups in total. The Hall–Kier alpha value is 0.400. The minimum Gasteiger partial charge on any atom is -0.391 e. The summed E-state index contributed by atoms with van der Waals surface area (Å²) in [6.07, 6.45) is -1.66. The van der Waals surface area contributed by atoms with Gasteiger partial charge in [0.15, 0.2) is 0 Å². The maximum absolute atomic E-state index is 10.1. The van der Waals surface area contributed by atoms with Gasteiger partial charge in [-0.25, -0.2) is 0 Å². The minimum absolute atomic E-state index is 0.148. The number of hydrogen-bond acceptors (Lipinski definition) is 2. The van der Waals surface area contributed by atoms with Crippen LogP contribution in [-0.4, -0.2) is 33.0 Å². The van der Waals surface area contributed by atoms with E-state index in [0.29, 0.717) is 0 Å². The highest BCUT2D eigenvalue weighted by molar-refractivity contribution is 7.51. The van der Waals surface area contributed by atoms with Crippen molar-refractivity contribution in [2.75, 3.05) is 12.0 Å². The number of aliphatic hydroxyl groups is 1. The highest BCUT2D eigenvalue weighted by Crippen LogP contribution is 2.34. The molecule has 0 saturated heterocycles. The van der Waals surface area contributed by atoms with Crippen LogP contribution in [0.5, 0.6) is 0 Å². The second-order valence-electron chi connectivity index (χ2n) is 1.66. The summed E-state index contributed by atoms with van der Waals surface area (Å²) < 4.78 is 10.1. The molecular formula is C3H8ClO4P. The van der Waals surface area contributed by atoms with Crippen LogP contribution in [0.2, 0.25) is 0 Å². The molecule has 0 aromatic heterocycles. The molecule has 0 aromatic rings. The van der Waals surface area contributed by atoms with Crippen molar-refractivity contribution in [2.45, 2.75) is 6.10 Å². The first-order valence-electron chi connectivity index (χ1n) is 2.24. The predicted octanol–water partition coefficient (Wildman–Crippen LogP) is -0.236. The summed E-state index contributed by atoms with van der Waals surface area (Å²) in [5.41, 5.74) is 0. The Kier molecular flexibility index (Phi) is 3.70. The fraction of sp³-hybridized carbons (Fsp3) is 1.00. The van der Waals surface area contributed by atoms with Gasteiger partial charge in [0.25, 0.3) is 0 Å². The van der Waals surface area contributed by atoms with Crippen LogP contribution in [-0.2, 0) is 4.57 Å². The number of aliphatic hydroxyl groups excluding tert-OH is 1. The van der Waals surface area contributed by atoms with Gasteiger partial charge in [0.1, 0.15) is 0 Å². The molecular weight excluding hydrogens is 166 g/mol. The molecule has 0 saturated carbocycles. The van der Waals surface area contributed by atoms with E-state index in [1.54, 1.807) is 0 Å². The zero-order valence-corrected chi connectivity index (χ0v) is 6.22. The number of alkyl halides is 1. The molecule has 56 valence electrons. The number of halogens is 1. The Morgan fingerprint density at radius 2 is 2.00 bits per heavy atom. The molecule has 4 nitrogen and oxygen atoms in total. The van der Waals surface area contributed by atoms with Crippen LogP contribution in [0.3, 0.4) is 0 Å². The van der Waals surface area contributed by atoms with Crippen molar-refractivity contribution in [1.29, 1.82) is 0 Å². The SMILES string of the molecule is O=P(O)(O)CC(O)CCl. The molecule has 0 rings (SSSR count). The third kappa shape index (κ3) is 6.28. The monoisotopic (exact) mass is 174 g/mol. The topological polar surface area (TPSA) is 77.8 Å². The van der Waals surface area contributed by atoms with Crippen LogP contribution in [0.15, 0.2) is 0 Å². The van der Waals surface area contributed by atoms with E-state index in [9.17, 15) is 4.57 Å². The third-order valence-electron chi connectivity index (χ3n) is 0.627. The van der Waals surface area contributed by atoms with Crippen molar-refractivity contribution < 1.29 is 19.5 Å². The predicted molar refractivity (Wildman–Crippen MR) is 33.6 cm³/mol. The fourth-order valence-electron chi connectivity index (χ4n) is 0.323. The van der Waals surface area contributed by atoms with Gasteiger partial charge in [0.05, 0.1) is 12.3 Å². The average molecular weight is 175 g/mol. The van der Waals surface area contributed by atoms with Crippen LogP contribution in [0.1, 0.15) is 0 Å². The normalized spacial score (nSPS) is 15.6. The molecule has 0 aromatic carbocycles. The lowest BCUT2D eigenvalue weighted by Crippen LogP contribution is -2.13. The molecule has 0 aliphatic carbocycles. The lowest BCUT2D eigenvalue weighted by atomic mass is 10.5. The van der Waals surface area contributed by atoms with Gasteiger partial charge < -0.3 is 14.9 Å². The van der Waals surface area contributed by atoms with Crippen LogP contribution < -0.4 is 0 Å². The van der Waals surface area contributed by atoms with Crippen LogP contribution in [0, 0.1) is 0 Å². The highest BCUT2D eigenvalue weighted by Gasteiger charge is 2.18. The summed E-state index contributed by atoms with van der Waals surface area (Å²) in [6.45, 7) is 0. The fourth-order valence-corrected chi connectivity index (χ4v) is 1.26. The van der Waals surface area contributed by atoms with Gasteiger partial charge in [-0.05, 0) is 0 Å². The summed E-state index contributed by atoms with van der Waals surface area (Å²) >= 11 is 5.06. The van der Waals surface area contributed by atoms with E-state index in [0.717, 1.165) is 0 Å². The first-order chi connectivity index (χ1) is 3.95. The number of rotatable bonds is 3. The van der Waals surface area contributed by atoms with E-state index in [1.165, 1.54) is 0 Å².